The monoisotopic (exact) mass is 199 g/mol. The van der Waals surface area contributed by atoms with Gasteiger partial charge in [0.15, 0.2) is 0 Å². The summed E-state index contributed by atoms with van der Waals surface area (Å²) in [5.74, 6) is 0.515. The van der Waals surface area contributed by atoms with Crippen molar-refractivity contribution in [3.8, 4) is 0 Å². The molecule has 1 heterocycles. The van der Waals surface area contributed by atoms with Crippen LogP contribution >= 0.6 is 15.9 Å². The van der Waals surface area contributed by atoms with E-state index in [1.165, 1.54) is 0 Å². The van der Waals surface area contributed by atoms with E-state index in [1.807, 2.05) is 24.4 Å². The van der Waals surface area contributed by atoms with Crippen LogP contribution in [-0.2, 0) is 0 Å². The van der Waals surface area contributed by atoms with Crippen molar-refractivity contribution in [2.75, 3.05) is 5.33 Å². The van der Waals surface area contributed by atoms with Crippen molar-refractivity contribution in [2.45, 2.75) is 12.8 Å². The molecule has 0 spiro atoms. The molecule has 54 valence electrons. The molecule has 1 nitrogen and oxygen atoms in total. The molecule has 0 aliphatic rings. The minimum atomic E-state index is 0.515. The van der Waals surface area contributed by atoms with E-state index in [9.17, 15) is 0 Å². The van der Waals surface area contributed by atoms with E-state index in [0.29, 0.717) is 5.92 Å². The lowest BCUT2D eigenvalue weighted by atomic mass is 10.1. The lowest BCUT2D eigenvalue weighted by Gasteiger charge is -2.04. The van der Waals surface area contributed by atoms with E-state index in [1.54, 1.807) is 0 Å². The number of halogens is 1. The fourth-order valence-electron chi connectivity index (χ4n) is 0.747. The number of aromatic nitrogens is 1. The number of hydrogen-bond acceptors (Lipinski definition) is 1. The smallest absolute Gasteiger partial charge is 0.0440 e. The number of nitrogens with zero attached hydrogens (tertiary/aromatic N) is 1. The molecule has 1 rings (SSSR count). The Bertz CT molecular complexity index is 186. The van der Waals surface area contributed by atoms with E-state index in [-0.39, 0.29) is 0 Å². The third-order valence-corrected chi connectivity index (χ3v) is 2.40. The van der Waals surface area contributed by atoms with Gasteiger partial charge in [-0.3, -0.25) is 4.98 Å². The molecule has 0 aromatic carbocycles. The molecule has 0 radical (unpaired) electrons. The van der Waals surface area contributed by atoms with E-state index in [0.717, 1.165) is 11.0 Å². The summed E-state index contributed by atoms with van der Waals surface area (Å²) in [6.07, 6.45) is 1.83. The van der Waals surface area contributed by atoms with E-state index >= 15 is 0 Å². The molecule has 1 unspecified atom stereocenters. The fourth-order valence-corrected chi connectivity index (χ4v) is 1.08. The second kappa shape index (κ2) is 3.71. The van der Waals surface area contributed by atoms with Crippen molar-refractivity contribution in [2.24, 2.45) is 0 Å². The van der Waals surface area contributed by atoms with Crippen molar-refractivity contribution in [3.05, 3.63) is 30.1 Å². The highest BCUT2D eigenvalue weighted by molar-refractivity contribution is 9.09. The summed E-state index contributed by atoms with van der Waals surface area (Å²) in [5, 5.41) is 0.976. The first kappa shape index (κ1) is 7.73. The van der Waals surface area contributed by atoms with Gasteiger partial charge in [-0.05, 0) is 12.1 Å². The van der Waals surface area contributed by atoms with Crippen LogP contribution in [0.5, 0.6) is 0 Å². The Morgan fingerprint density at radius 1 is 1.60 bits per heavy atom. The maximum absolute atomic E-state index is 4.22. The van der Waals surface area contributed by atoms with Crippen LogP contribution in [0.4, 0.5) is 0 Å². The molecule has 10 heavy (non-hydrogen) atoms. The van der Waals surface area contributed by atoms with Crippen molar-refractivity contribution < 1.29 is 0 Å². The molecule has 1 atom stereocenters. The van der Waals surface area contributed by atoms with Gasteiger partial charge in [0, 0.05) is 23.1 Å². The zero-order valence-corrected chi connectivity index (χ0v) is 7.51. The van der Waals surface area contributed by atoms with Crippen LogP contribution in [0.2, 0.25) is 0 Å². The number of alkyl halides is 1. The van der Waals surface area contributed by atoms with Gasteiger partial charge in [-0.2, -0.15) is 0 Å². The highest BCUT2D eigenvalue weighted by Gasteiger charge is 2.01. The summed E-state index contributed by atoms with van der Waals surface area (Å²) in [4.78, 5) is 4.22. The molecular formula is C8H10BrN. The van der Waals surface area contributed by atoms with Gasteiger partial charge in [0.1, 0.15) is 0 Å². The van der Waals surface area contributed by atoms with Crippen LogP contribution in [0.25, 0.3) is 0 Å². The van der Waals surface area contributed by atoms with Crippen LogP contribution in [0.1, 0.15) is 18.5 Å². The number of hydrogen-bond donors (Lipinski definition) is 0. The summed E-state index contributed by atoms with van der Waals surface area (Å²) in [5.41, 5.74) is 1.15. The number of rotatable bonds is 2. The normalized spacial score (nSPS) is 13.0. The van der Waals surface area contributed by atoms with Crippen LogP contribution < -0.4 is 0 Å². The Morgan fingerprint density at radius 2 is 2.40 bits per heavy atom. The van der Waals surface area contributed by atoms with Gasteiger partial charge in [-0.15, -0.1) is 0 Å². The Hall–Kier alpha value is -0.370. The first-order chi connectivity index (χ1) is 4.84. The first-order valence-electron chi connectivity index (χ1n) is 3.31. The summed E-state index contributed by atoms with van der Waals surface area (Å²) in [6.45, 7) is 2.15. The molecule has 1 aromatic heterocycles. The minimum absolute atomic E-state index is 0.515. The third-order valence-electron chi connectivity index (χ3n) is 1.42. The van der Waals surface area contributed by atoms with Gasteiger partial charge in [0.05, 0.1) is 0 Å². The molecular weight excluding hydrogens is 190 g/mol. The molecule has 0 aliphatic heterocycles. The van der Waals surface area contributed by atoms with E-state index in [4.69, 9.17) is 0 Å². The minimum Gasteiger partial charge on any atom is -0.261 e. The summed E-state index contributed by atoms with van der Waals surface area (Å²) < 4.78 is 0. The average Bonchev–Trinajstić information content (AvgIpc) is 2.05. The van der Waals surface area contributed by atoms with Crippen LogP contribution in [0.15, 0.2) is 24.4 Å². The van der Waals surface area contributed by atoms with Crippen molar-refractivity contribution >= 4 is 15.9 Å². The molecule has 0 N–H and O–H groups in total. The zero-order chi connectivity index (χ0) is 7.40. The fraction of sp³-hybridized carbons (Fsp3) is 0.375. The van der Waals surface area contributed by atoms with Gasteiger partial charge < -0.3 is 0 Å². The maximum Gasteiger partial charge on any atom is 0.0440 e. The van der Waals surface area contributed by atoms with Gasteiger partial charge in [-0.1, -0.05) is 28.9 Å². The highest BCUT2D eigenvalue weighted by Crippen LogP contribution is 2.13. The van der Waals surface area contributed by atoms with Gasteiger partial charge >= 0.3 is 0 Å². The Kier molecular flexibility index (Phi) is 2.87. The second-order valence-corrected chi connectivity index (χ2v) is 2.96. The van der Waals surface area contributed by atoms with Crippen LogP contribution in [0, 0.1) is 0 Å². The lowest BCUT2D eigenvalue weighted by molar-refractivity contribution is 0.841. The second-order valence-electron chi connectivity index (χ2n) is 2.31. The molecule has 2 heteroatoms. The quantitative estimate of drug-likeness (QED) is 0.668. The molecule has 0 saturated carbocycles. The van der Waals surface area contributed by atoms with E-state index in [2.05, 4.69) is 27.8 Å². The van der Waals surface area contributed by atoms with E-state index < -0.39 is 0 Å². The van der Waals surface area contributed by atoms with Crippen LogP contribution in [0.3, 0.4) is 0 Å². The largest absolute Gasteiger partial charge is 0.261 e. The lowest BCUT2D eigenvalue weighted by Crippen LogP contribution is -1.96. The molecule has 0 amide bonds. The zero-order valence-electron chi connectivity index (χ0n) is 5.92. The topological polar surface area (TPSA) is 12.9 Å². The van der Waals surface area contributed by atoms with Gasteiger partial charge in [0.2, 0.25) is 0 Å². The molecule has 0 aliphatic carbocycles. The third kappa shape index (κ3) is 1.81. The number of pyridine rings is 1. The molecule has 1 aromatic rings. The summed E-state index contributed by atoms with van der Waals surface area (Å²) in [6, 6.07) is 6.00. The van der Waals surface area contributed by atoms with Gasteiger partial charge in [-0.25, -0.2) is 0 Å². The Morgan fingerprint density at radius 3 is 2.90 bits per heavy atom. The Labute approximate surface area is 69.6 Å². The van der Waals surface area contributed by atoms with Crippen molar-refractivity contribution in [1.29, 1.82) is 0 Å². The molecule has 0 saturated heterocycles. The highest BCUT2D eigenvalue weighted by atomic mass is 79.9. The predicted octanol–water partition coefficient (Wildman–Crippen LogP) is 2.58. The van der Waals surface area contributed by atoms with Gasteiger partial charge in [0.25, 0.3) is 0 Å². The first-order valence-corrected chi connectivity index (χ1v) is 4.43. The molecule has 0 bridgehead atoms. The molecule has 0 fully saturated rings. The maximum atomic E-state index is 4.22. The summed E-state index contributed by atoms with van der Waals surface area (Å²) in [7, 11) is 0. The Balaban J connectivity index is 2.75. The van der Waals surface area contributed by atoms with Crippen LogP contribution in [-0.4, -0.2) is 10.3 Å². The predicted molar refractivity (Wildman–Crippen MR) is 46.4 cm³/mol. The van der Waals surface area contributed by atoms with Crippen molar-refractivity contribution in [3.63, 3.8) is 0 Å². The summed E-state index contributed by atoms with van der Waals surface area (Å²) >= 11 is 3.41. The van der Waals surface area contributed by atoms with Crippen molar-refractivity contribution in [1.82, 2.24) is 4.98 Å². The SMILES string of the molecule is CC(CBr)c1ccccn1. The standard InChI is InChI=1S/C8H10BrN/c1-7(6-9)8-4-2-3-5-10-8/h2-5,7H,6H2,1H3. The average molecular weight is 200 g/mol.